The molecule has 3 aromatic rings. The Morgan fingerprint density at radius 1 is 1.00 bits per heavy atom. The molecule has 2 fully saturated rings. The maximum atomic E-state index is 10.7. The summed E-state index contributed by atoms with van der Waals surface area (Å²) in [6.07, 6.45) is 5.37. The van der Waals surface area contributed by atoms with Gasteiger partial charge in [-0.15, -0.1) is 5.10 Å². The molecular formula is C26H33N7O2. The van der Waals surface area contributed by atoms with Gasteiger partial charge < -0.3 is 31.2 Å². The fourth-order valence-electron chi connectivity index (χ4n) is 5.22. The second-order valence-corrected chi connectivity index (χ2v) is 9.76. The number of aromatic nitrogens is 3. The number of aromatic hydroxyl groups is 2. The highest BCUT2D eigenvalue weighted by Gasteiger charge is 2.23. The smallest absolute Gasteiger partial charge is 0.319 e. The van der Waals surface area contributed by atoms with Gasteiger partial charge in [-0.2, -0.15) is 0 Å². The number of hydrogen-bond acceptors (Lipinski definition) is 8. The Morgan fingerprint density at radius 3 is 2.34 bits per heavy atom. The lowest BCUT2D eigenvalue weighted by molar-refractivity contribution is 0.313. The highest BCUT2D eigenvalue weighted by Crippen LogP contribution is 2.37. The molecule has 2 heterocycles. The Kier molecular flexibility index (Phi) is 6.34. The van der Waals surface area contributed by atoms with Crippen molar-refractivity contribution < 1.29 is 10.2 Å². The van der Waals surface area contributed by atoms with Crippen molar-refractivity contribution in [1.29, 1.82) is 5.41 Å². The van der Waals surface area contributed by atoms with Crippen LogP contribution in [0.25, 0.3) is 17.1 Å². The predicted octanol–water partition coefficient (Wildman–Crippen LogP) is 3.63. The van der Waals surface area contributed by atoms with Gasteiger partial charge in [0.25, 0.3) is 0 Å². The second kappa shape index (κ2) is 9.58. The average Bonchev–Trinajstić information content (AvgIpc) is 3.49. The second-order valence-electron chi connectivity index (χ2n) is 9.76. The summed E-state index contributed by atoms with van der Waals surface area (Å²) in [6.45, 7) is 3.97. The Labute approximate surface area is 205 Å². The molecule has 1 aromatic heterocycles. The van der Waals surface area contributed by atoms with Gasteiger partial charge in [-0.3, -0.25) is 0 Å². The number of nitrogens with one attached hydrogen (secondary N) is 1. The van der Waals surface area contributed by atoms with E-state index in [0.29, 0.717) is 46.4 Å². The number of benzene rings is 2. The van der Waals surface area contributed by atoms with Gasteiger partial charge in [0.05, 0.1) is 11.3 Å². The van der Waals surface area contributed by atoms with Gasteiger partial charge in [-0.1, -0.05) is 30.8 Å². The minimum absolute atomic E-state index is 0.0670. The monoisotopic (exact) mass is 475 g/mol. The summed E-state index contributed by atoms with van der Waals surface area (Å²) in [7, 11) is 2.13. The van der Waals surface area contributed by atoms with Gasteiger partial charge in [0, 0.05) is 54.9 Å². The van der Waals surface area contributed by atoms with Crippen molar-refractivity contribution in [3.63, 3.8) is 0 Å². The first kappa shape index (κ1) is 23.2. The van der Waals surface area contributed by atoms with Gasteiger partial charge in [-0.05, 0) is 49.7 Å². The number of piperazine rings is 1. The number of hydrogen-bond donors (Lipinski definition) is 4. The fraction of sp³-hybridized carbons (Fsp3) is 0.423. The Hall–Kier alpha value is -3.59. The van der Waals surface area contributed by atoms with Crippen LogP contribution in [0.3, 0.4) is 0 Å². The Bertz CT molecular complexity index is 1210. The quantitative estimate of drug-likeness (QED) is 0.317. The van der Waals surface area contributed by atoms with Gasteiger partial charge in [0.15, 0.2) is 5.82 Å². The van der Waals surface area contributed by atoms with Crippen LogP contribution in [0.1, 0.15) is 37.7 Å². The molecule has 184 valence electrons. The molecule has 0 unspecified atom stereocenters. The van der Waals surface area contributed by atoms with Crippen LogP contribution in [0.5, 0.6) is 11.8 Å². The molecule has 35 heavy (non-hydrogen) atoms. The molecule has 1 aliphatic heterocycles. The van der Waals surface area contributed by atoms with E-state index < -0.39 is 0 Å². The van der Waals surface area contributed by atoms with E-state index in [1.165, 1.54) is 23.5 Å². The molecular weight excluding hydrogens is 442 g/mol. The minimum atomic E-state index is -0.272. The molecule has 5 N–H and O–H groups in total. The number of phenols is 1. The number of likely N-dealkylation sites (N-methyl/N-ethyl adjacent to an activating group) is 1. The van der Waals surface area contributed by atoms with Gasteiger partial charge >= 0.3 is 6.01 Å². The number of nitrogens with two attached hydrogens (primary N) is 1. The average molecular weight is 476 g/mol. The van der Waals surface area contributed by atoms with Crippen LogP contribution in [0.2, 0.25) is 0 Å². The van der Waals surface area contributed by atoms with Crippen LogP contribution in [0.4, 0.5) is 11.4 Å². The third-order valence-corrected chi connectivity index (χ3v) is 7.32. The summed E-state index contributed by atoms with van der Waals surface area (Å²) >= 11 is 0. The van der Waals surface area contributed by atoms with Crippen LogP contribution < -0.4 is 10.6 Å². The maximum Gasteiger partial charge on any atom is 0.319 e. The Balaban J connectivity index is 1.45. The van der Waals surface area contributed by atoms with Crippen LogP contribution in [0, 0.1) is 11.3 Å². The van der Waals surface area contributed by atoms with Crippen molar-refractivity contribution in [1.82, 2.24) is 19.7 Å². The summed E-state index contributed by atoms with van der Waals surface area (Å²) in [5, 5.41) is 37.9. The molecule has 1 aliphatic carbocycles. The molecule has 0 amide bonds. The first-order chi connectivity index (χ1) is 16.9. The molecule has 0 spiro atoms. The van der Waals surface area contributed by atoms with E-state index in [1.54, 1.807) is 6.07 Å². The molecule has 0 atom stereocenters. The molecule has 9 nitrogen and oxygen atoms in total. The van der Waals surface area contributed by atoms with Crippen LogP contribution >= 0.6 is 0 Å². The third-order valence-electron chi connectivity index (χ3n) is 7.32. The number of nitrogen functional groups attached to an aromatic ring is 1. The van der Waals surface area contributed by atoms with E-state index >= 15 is 0 Å². The zero-order valence-electron chi connectivity index (χ0n) is 20.1. The molecule has 0 bridgehead atoms. The van der Waals surface area contributed by atoms with E-state index in [9.17, 15) is 10.2 Å². The van der Waals surface area contributed by atoms with Gasteiger partial charge in [0.2, 0.25) is 0 Å². The topological polar surface area (TPSA) is 128 Å². The lowest BCUT2D eigenvalue weighted by Gasteiger charge is -2.34. The van der Waals surface area contributed by atoms with E-state index in [-0.39, 0.29) is 11.8 Å². The largest absolute Gasteiger partial charge is 0.507 e. The third kappa shape index (κ3) is 4.68. The number of phenolic OH excluding ortho intramolecular Hbond substituents is 1. The maximum absolute atomic E-state index is 10.7. The molecule has 2 aromatic carbocycles. The van der Waals surface area contributed by atoms with Crippen LogP contribution in [0.15, 0.2) is 36.4 Å². The molecule has 1 saturated carbocycles. The van der Waals surface area contributed by atoms with E-state index in [4.69, 9.17) is 11.1 Å². The van der Waals surface area contributed by atoms with E-state index in [2.05, 4.69) is 27.0 Å². The van der Waals surface area contributed by atoms with Gasteiger partial charge in [0.1, 0.15) is 5.75 Å². The SMILES string of the molecule is CN1CCN(c2ccc(-n3c(O)nnc3-c3cc(C(=N)CC4CCCC4)c(N)cc3O)cc2)CC1. The standard InChI is InChI=1S/C26H33N7O2/c1-31-10-12-32(13-11-31)18-6-8-19(9-7-18)33-25(29-30-26(33)35)21-15-20(23(28)16-24(21)34)22(27)14-17-4-2-3-5-17/h6-9,15-17,27,34H,2-5,10-14,28H2,1H3,(H,30,35). The first-order valence-electron chi connectivity index (χ1n) is 12.3. The number of nitrogens with zero attached hydrogens (tertiary/aromatic N) is 5. The van der Waals surface area contributed by atoms with Gasteiger partial charge in [-0.25, -0.2) is 4.57 Å². The van der Waals surface area contributed by atoms with Crippen molar-refractivity contribution in [2.75, 3.05) is 43.9 Å². The lowest BCUT2D eigenvalue weighted by atomic mass is 9.94. The zero-order valence-corrected chi connectivity index (χ0v) is 20.1. The predicted molar refractivity (Wildman–Crippen MR) is 138 cm³/mol. The minimum Gasteiger partial charge on any atom is -0.507 e. The molecule has 1 saturated heterocycles. The summed E-state index contributed by atoms with van der Waals surface area (Å²) in [6, 6.07) is 10.8. The van der Waals surface area contributed by atoms with Crippen molar-refractivity contribution in [2.45, 2.75) is 32.1 Å². The van der Waals surface area contributed by atoms with Crippen molar-refractivity contribution in [3.8, 4) is 28.8 Å². The fourth-order valence-corrected chi connectivity index (χ4v) is 5.22. The normalized spacial score (nSPS) is 17.2. The Morgan fingerprint density at radius 2 is 1.66 bits per heavy atom. The molecule has 2 aliphatic rings. The van der Waals surface area contributed by atoms with Crippen LogP contribution in [-0.4, -0.2) is 68.8 Å². The highest BCUT2D eigenvalue weighted by atomic mass is 16.3. The number of rotatable bonds is 6. The number of anilines is 2. The van der Waals surface area contributed by atoms with Crippen molar-refractivity contribution in [2.24, 2.45) is 5.92 Å². The molecule has 5 rings (SSSR count). The van der Waals surface area contributed by atoms with Crippen LogP contribution in [-0.2, 0) is 0 Å². The summed E-state index contributed by atoms with van der Waals surface area (Å²) in [5.74, 6) is 0.732. The zero-order chi connectivity index (χ0) is 24.5. The molecule has 9 heteroatoms. The summed E-state index contributed by atoms with van der Waals surface area (Å²) in [5.41, 5.74) is 9.78. The van der Waals surface area contributed by atoms with E-state index in [0.717, 1.165) is 44.7 Å². The summed E-state index contributed by atoms with van der Waals surface area (Å²) < 4.78 is 1.50. The van der Waals surface area contributed by atoms with Crippen molar-refractivity contribution in [3.05, 3.63) is 42.0 Å². The summed E-state index contributed by atoms with van der Waals surface area (Å²) in [4.78, 5) is 4.65. The first-order valence-corrected chi connectivity index (χ1v) is 12.3. The highest BCUT2D eigenvalue weighted by molar-refractivity contribution is 6.04. The van der Waals surface area contributed by atoms with Crippen molar-refractivity contribution >= 4 is 17.1 Å². The van der Waals surface area contributed by atoms with E-state index in [1.807, 2.05) is 24.3 Å². The molecule has 0 radical (unpaired) electrons. The lowest BCUT2D eigenvalue weighted by Crippen LogP contribution is -2.44.